The van der Waals surface area contributed by atoms with Crippen LogP contribution in [0.15, 0.2) is 48.5 Å². The highest BCUT2D eigenvalue weighted by molar-refractivity contribution is 6.30. The lowest BCUT2D eigenvalue weighted by Gasteiger charge is -2.26. The predicted molar refractivity (Wildman–Crippen MR) is 150 cm³/mol. The average Bonchev–Trinajstić information content (AvgIpc) is 3.54. The molecule has 1 aliphatic heterocycles. The summed E-state index contributed by atoms with van der Waals surface area (Å²) in [5.74, 6) is 0.128. The number of halogens is 1. The van der Waals surface area contributed by atoms with Crippen LogP contribution >= 0.6 is 11.6 Å². The van der Waals surface area contributed by atoms with Crippen LogP contribution in [0.3, 0.4) is 0 Å². The lowest BCUT2D eigenvalue weighted by Crippen LogP contribution is -2.38. The second kappa shape index (κ2) is 11.9. The molecule has 0 aliphatic carbocycles. The highest BCUT2D eigenvalue weighted by Gasteiger charge is 2.33. The zero-order chi connectivity index (χ0) is 25.7. The van der Waals surface area contributed by atoms with Gasteiger partial charge in [0, 0.05) is 24.2 Å². The van der Waals surface area contributed by atoms with Gasteiger partial charge in [-0.1, -0.05) is 75.7 Å². The summed E-state index contributed by atoms with van der Waals surface area (Å²) in [5.41, 5.74) is 5.80. The van der Waals surface area contributed by atoms with E-state index in [1.165, 1.54) is 0 Å². The number of aromatic nitrogens is 2. The van der Waals surface area contributed by atoms with E-state index in [9.17, 15) is 4.79 Å². The van der Waals surface area contributed by atoms with Crippen LogP contribution in [0.25, 0.3) is 17.8 Å². The number of rotatable bonds is 9. The summed E-state index contributed by atoms with van der Waals surface area (Å²) in [5, 5.41) is 5.67. The molecular formula is C30H37ClN4O. The summed E-state index contributed by atoms with van der Waals surface area (Å²) in [6, 6.07) is 16.5. The highest BCUT2D eigenvalue weighted by Crippen LogP contribution is 2.26. The zero-order valence-electron chi connectivity index (χ0n) is 21.9. The number of amides is 1. The van der Waals surface area contributed by atoms with Gasteiger partial charge in [0.15, 0.2) is 0 Å². The molecule has 0 saturated carbocycles. The predicted octanol–water partition coefficient (Wildman–Crippen LogP) is 6.38. The average molecular weight is 505 g/mol. The van der Waals surface area contributed by atoms with Crippen LogP contribution < -0.4 is 0 Å². The number of hydrogen-bond donors (Lipinski definition) is 0. The number of likely N-dealkylation sites (N-methyl/N-ethyl adjacent to an activating group) is 1. The Hall–Kier alpha value is -2.89. The molecule has 6 heteroatoms. The van der Waals surface area contributed by atoms with Crippen LogP contribution in [0.1, 0.15) is 67.0 Å². The summed E-state index contributed by atoms with van der Waals surface area (Å²) in [4.78, 5) is 18.3. The van der Waals surface area contributed by atoms with Crippen molar-refractivity contribution >= 4 is 29.7 Å². The van der Waals surface area contributed by atoms with E-state index in [1.54, 1.807) is 0 Å². The standard InChI is InChI=1S/C30H37ClN4O/c1-5-27-29(30(36)34-19-18-26(21-34)33(7-3)8-4)28(6-2)35(32-27)25-11-9-10-23(20-25)13-12-22-14-16-24(31)17-15-22/h9-17,20,26H,5-8,18-19,21H2,1-4H3. The molecule has 1 unspecified atom stereocenters. The molecule has 0 bridgehead atoms. The number of likely N-dealkylation sites (tertiary alicyclic amines) is 1. The van der Waals surface area contributed by atoms with Gasteiger partial charge in [0.2, 0.25) is 0 Å². The molecular weight excluding hydrogens is 468 g/mol. The molecule has 190 valence electrons. The van der Waals surface area contributed by atoms with Gasteiger partial charge in [0.1, 0.15) is 0 Å². The molecule has 1 aromatic heterocycles. The van der Waals surface area contributed by atoms with Crippen LogP contribution in [0, 0.1) is 0 Å². The molecule has 2 aromatic carbocycles. The van der Waals surface area contributed by atoms with Crippen molar-refractivity contribution in [3.05, 3.63) is 81.6 Å². The fourth-order valence-corrected chi connectivity index (χ4v) is 5.31. The summed E-state index contributed by atoms with van der Waals surface area (Å²) in [7, 11) is 0. The summed E-state index contributed by atoms with van der Waals surface area (Å²) in [6.45, 7) is 12.2. The molecule has 36 heavy (non-hydrogen) atoms. The first-order valence-electron chi connectivity index (χ1n) is 13.2. The minimum atomic E-state index is 0.128. The molecule has 4 rings (SSSR count). The van der Waals surface area contributed by atoms with Gasteiger partial charge >= 0.3 is 0 Å². The first-order valence-corrected chi connectivity index (χ1v) is 13.5. The number of carbonyl (C=O) groups is 1. The van der Waals surface area contributed by atoms with Crippen LogP contribution in [-0.4, -0.2) is 57.7 Å². The summed E-state index contributed by atoms with van der Waals surface area (Å²) < 4.78 is 1.98. The van der Waals surface area contributed by atoms with Crippen molar-refractivity contribution in [3.8, 4) is 5.69 Å². The van der Waals surface area contributed by atoms with Gasteiger partial charge in [-0.25, -0.2) is 4.68 Å². The monoisotopic (exact) mass is 504 g/mol. The quantitative estimate of drug-likeness (QED) is 0.317. The van der Waals surface area contributed by atoms with E-state index in [0.717, 1.165) is 84.2 Å². The number of benzene rings is 2. The van der Waals surface area contributed by atoms with Gasteiger partial charge in [0.25, 0.3) is 5.91 Å². The maximum absolute atomic E-state index is 13.8. The zero-order valence-corrected chi connectivity index (χ0v) is 22.6. The molecule has 1 aliphatic rings. The van der Waals surface area contributed by atoms with E-state index in [-0.39, 0.29) is 5.91 Å². The van der Waals surface area contributed by atoms with Crippen LogP contribution in [-0.2, 0) is 12.8 Å². The largest absolute Gasteiger partial charge is 0.337 e. The Bertz CT molecular complexity index is 1210. The van der Waals surface area contributed by atoms with E-state index in [0.29, 0.717) is 6.04 Å². The maximum atomic E-state index is 13.8. The van der Waals surface area contributed by atoms with Gasteiger partial charge < -0.3 is 4.90 Å². The molecule has 0 spiro atoms. The van der Waals surface area contributed by atoms with Crippen LogP contribution in [0.2, 0.25) is 5.02 Å². The van der Waals surface area contributed by atoms with E-state index in [1.807, 2.05) is 39.9 Å². The lowest BCUT2D eigenvalue weighted by molar-refractivity contribution is 0.0776. The number of carbonyl (C=O) groups excluding carboxylic acids is 1. The van der Waals surface area contributed by atoms with Gasteiger partial charge in [-0.05, 0) is 67.7 Å². The molecule has 1 fully saturated rings. The second-order valence-electron chi connectivity index (χ2n) is 9.28. The molecule has 0 radical (unpaired) electrons. The van der Waals surface area contributed by atoms with Crippen molar-refractivity contribution in [1.82, 2.24) is 19.6 Å². The van der Waals surface area contributed by atoms with Gasteiger partial charge in [-0.15, -0.1) is 0 Å². The van der Waals surface area contributed by atoms with Crippen molar-refractivity contribution in [1.29, 1.82) is 0 Å². The van der Waals surface area contributed by atoms with Crippen molar-refractivity contribution in [2.75, 3.05) is 26.2 Å². The molecule has 1 amide bonds. The third kappa shape index (κ3) is 5.58. The van der Waals surface area contributed by atoms with Gasteiger partial charge in [-0.2, -0.15) is 5.10 Å². The number of aryl methyl sites for hydroxylation is 1. The van der Waals surface area contributed by atoms with Crippen LogP contribution in [0.4, 0.5) is 0 Å². The molecule has 0 N–H and O–H groups in total. The van der Waals surface area contributed by atoms with Crippen molar-refractivity contribution in [2.24, 2.45) is 0 Å². The Balaban J connectivity index is 1.62. The van der Waals surface area contributed by atoms with Crippen molar-refractivity contribution < 1.29 is 4.79 Å². The SMILES string of the molecule is CCc1nn(-c2cccc(C=Cc3ccc(Cl)cc3)c2)c(CC)c1C(=O)N1CCC(N(CC)CC)C1. The molecule has 1 saturated heterocycles. The van der Waals surface area contributed by atoms with E-state index in [2.05, 4.69) is 62.9 Å². The first kappa shape index (κ1) is 26.2. The highest BCUT2D eigenvalue weighted by atomic mass is 35.5. The van der Waals surface area contributed by atoms with E-state index in [4.69, 9.17) is 16.7 Å². The van der Waals surface area contributed by atoms with E-state index >= 15 is 0 Å². The summed E-state index contributed by atoms with van der Waals surface area (Å²) >= 11 is 6.01. The fraction of sp³-hybridized carbons (Fsp3) is 0.400. The lowest BCUT2D eigenvalue weighted by atomic mass is 10.1. The van der Waals surface area contributed by atoms with E-state index < -0.39 is 0 Å². The minimum absolute atomic E-state index is 0.128. The van der Waals surface area contributed by atoms with Gasteiger partial charge in [-0.3, -0.25) is 9.69 Å². The fourth-order valence-electron chi connectivity index (χ4n) is 5.19. The Morgan fingerprint density at radius 2 is 1.75 bits per heavy atom. The smallest absolute Gasteiger partial charge is 0.257 e. The number of hydrogen-bond acceptors (Lipinski definition) is 3. The van der Waals surface area contributed by atoms with Crippen molar-refractivity contribution in [3.63, 3.8) is 0 Å². The topological polar surface area (TPSA) is 41.4 Å². The first-order chi connectivity index (χ1) is 17.5. The number of nitrogens with zero attached hydrogens (tertiary/aromatic N) is 4. The summed E-state index contributed by atoms with van der Waals surface area (Å²) in [6.07, 6.45) is 6.67. The Kier molecular flexibility index (Phi) is 8.65. The minimum Gasteiger partial charge on any atom is -0.337 e. The van der Waals surface area contributed by atoms with Gasteiger partial charge in [0.05, 0.1) is 22.6 Å². The molecule has 5 nitrogen and oxygen atoms in total. The van der Waals surface area contributed by atoms with Crippen LogP contribution in [0.5, 0.6) is 0 Å². The Labute approximate surface area is 220 Å². The maximum Gasteiger partial charge on any atom is 0.257 e. The third-order valence-electron chi connectivity index (χ3n) is 7.17. The molecule has 2 heterocycles. The Morgan fingerprint density at radius 3 is 2.42 bits per heavy atom. The molecule has 3 aromatic rings. The third-order valence-corrected chi connectivity index (χ3v) is 7.42. The molecule has 1 atom stereocenters. The normalized spacial score (nSPS) is 15.9. The van der Waals surface area contributed by atoms with Crippen molar-refractivity contribution in [2.45, 2.75) is 53.0 Å². The Morgan fingerprint density at radius 1 is 1.03 bits per heavy atom. The second-order valence-corrected chi connectivity index (χ2v) is 9.72.